The fourth-order valence-corrected chi connectivity index (χ4v) is 3.63. The third-order valence-electron chi connectivity index (χ3n) is 5.37. The van der Waals surface area contributed by atoms with Gasteiger partial charge in [-0.3, -0.25) is 4.57 Å². The Hall–Kier alpha value is -3.28. The molecule has 1 aliphatic heterocycles. The highest BCUT2D eigenvalue weighted by molar-refractivity contribution is 5.73. The molecule has 4 rings (SSSR count). The molecule has 0 spiro atoms. The van der Waals surface area contributed by atoms with Crippen LogP contribution < -0.4 is 20.5 Å². The van der Waals surface area contributed by atoms with Crippen LogP contribution in [0.15, 0.2) is 41.2 Å². The number of anilines is 2. The van der Waals surface area contributed by atoms with Gasteiger partial charge in [-0.25, -0.2) is 4.79 Å². The van der Waals surface area contributed by atoms with Crippen LogP contribution in [0.4, 0.5) is 11.5 Å². The largest absolute Gasteiger partial charge is 0.493 e. The summed E-state index contributed by atoms with van der Waals surface area (Å²) >= 11 is 0. The van der Waals surface area contributed by atoms with Gasteiger partial charge in [-0.05, 0) is 55.2 Å². The number of aromatic nitrogens is 2. The van der Waals surface area contributed by atoms with Gasteiger partial charge in [-0.2, -0.15) is 4.98 Å². The van der Waals surface area contributed by atoms with E-state index in [2.05, 4.69) is 30.2 Å². The van der Waals surface area contributed by atoms with Gasteiger partial charge in [0.1, 0.15) is 5.82 Å². The number of nitrogens with one attached hydrogen (secondary N) is 1. The summed E-state index contributed by atoms with van der Waals surface area (Å²) < 4.78 is 12.6. The number of benzene rings is 2. The molecule has 0 aliphatic carbocycles. The van der Waals surface area contributed by atoms with Crippen LogP contribution in [0.3, 0.4) is 0 Å². The Morgan fingerprint density at radius 3 is 2.57 bits per heavy atom. The van der Waals surface area contributed by atoms with Gasteiger partial charge < -0.3 is 14.8 Å². The molecule has 0 saturated heterocycles. The van der Waals surface area contributed by atoms with Crippen LogP contribution in [0.5, 0.6) is 11.5 Å². The van der Waals surface area contributed by atoms with Gasteiger partial charge in [0, 0.05) is 23.9 Å². The van der Waals surface area contributed by atoms with Crippen LogP contribution in [-0.2, 0) is 13.0 Å². The van der Waals surface area contributed by atoms with Crippen molar-refractivity contribution in [2.45, 2.75) is 26.8 Å². The van der Waals surface area contributed by atoms with Crippen LogP contribution in [0.25, 0.3) is 11.3 Å². The van der Waals surface area contributed by atoms with Gasteiger partial charge >= 0.3 is 5.69 Å². The predicted molar refractivity (Wildman–Crippen MR) is 110 cm³/mol. The Morgan fingerprint density at radius 2 is 1.82 bits per heavy atom. The molecule has 1 N–H and O–H groups in total. The number of ether oxygens (including phenoxy) is 2. The number of nitrogens with zero attached hydrogens (tertiary/aromatic N) is 2. The van der Waals surface area contributed by atoms with Crippen LogP contribution in [0.1, 0.15) is 16.7 Å². The average Bonchev–Trinajstić information content (AvgIpc) is 2.70. The molecule has 0 bridgehead atoms. The Balaban J connectivity index is 1.83. The van der Waals surface area contributed by atoms with E-state index in [0.29, 0.717) is 23.9 Å². The number of hydrogen-bond donors (Lipinski definition) is 1. The molecule has 0 unspecified atom stereocenters. The minimum Gasteiger partial charge on any atom is -0.493 e. The zero-order chi connectivity index (χ0) is 19.8. The van der Waals surface area contributed by atoms with Crippen LogP contribution in [0, 0.1) is 13.8 Å². The highest BCUT2D eigenvalue weighted by Gasteiger charge is 2.21. The lowest BCUT2D eigenvalue weighted by Gasteiger charge is -2.23. The lowest BCUT2D eigenvalue weighted by molar-refractivity contribution is 0.354. The summed E-state index contributed by atoms with van der Waals surface area (Å²) in [7, 11) is 3.24. The smallest absolute Gasteiger partial charge is 0.350 e. The molecule has 0 radical (unpaired) electrons. The topological polar surface area (TPSA) is 65.4 Å². The Bertz CT molecular complexity index is 1120. The number of rotatable bonds is 4. The van der Waals surface area contributed by atoms with E-state index in [0.717, 1.165) is 34.5 Å². The normalized spacial score (nSPS) is 12.1. The second kappa shape index (κ2) is 7.03. The fourth-order valence-electron chi connectivity index (χ4n) is 3.63. The standard InChI is InChI=1S/C22H23N3O3/c1-13-6-5-7-17(14(13)2)23-21-12-18-16-11-20(28-4)19(27-3)10-15(16)8-9-25(18)22(26)24-21/h5-7,10-12H,8-9H2,1-4H3,(H,23,24,26). The molecule has 2 aromatic carbocycles. The minimum atomic E-state index is -0.259. The highest BCUT2D eigenvalue weighted by Crippen LogP contribution is 2.38. The number of methoxy groups -OCH3 is 2. The van der Waals surface area contributed by atoms with E-state index < -0.39 is 0 Å². The second-order valence-electron chi connectivity index (χ2n) is 6.95. The summed E-state index contributed by atoms with van der Waals surface area (Å²) in [6, 6.07) is 11.9. The molecule has 6 nitrogen and oxygen atoms in total. The second-order valence-corrected chi connectivity index (χ2v) is 6.95. The highest BCUT2D eigenvalue weighted by atomic mass is 16.5. The van der Waals surface area contributed by atoms with E-state index in [-0.39, 0.29) is 5.69 Å². The van der Waals surface area contributed by atoms with E-state index in [1.807, 2.05) is 30.3 Å². The molecular formula is C22H23N3O3. The number of hydrogen-bond acceptors (Lipinski definition) is 5. The van der Waals surface area contributed by atoms with Crippen molar-refractivity contribution in [2.24, 2.45) is 0 Å². The van der Waals surface area contributed by atoms with Crippen molar-refractivity contribution in [2.75, 3.05) is 19.5 Å². The van der Waals surface area contributed by atoms with Gasteiger partial charge in [-0.1, -0.05) is 12.1 Å². The summed E-state index contributed by atoms with van der Waals surface area (Å²) in [5.74, 6) is 1.87. The maximum atomic E-state index is 12.7. The molecular weight excluding hydrogens is 354 g/mol. The van der Waals surface area contributed by atoms with E-state index >= 15 is 0 Å². The average molecular weight is 377 g/mol. The Morgan fingerprint density at radius 1 is 1.07 bits per heavy atom. The molecule has 0 amide bonds. The van der Waals surface area contributed by atoms with Crippen molar-refractivity contribution >= 4 is 11.5 Å². The van der Waals surface area contributed by atoms with Gasteiger partial charge in [0.2, 0.25) is 0 Å². The van der Waals surface area contributed by atoms with Crippen molar-refractivity contribution < 1.29 is 9.47 Å². The summed E-state index contributed by atoms with van der Waals surface area (Å²) in [6.07, 6.45) is 0.744. The van der Waals surface area contributed by atoms with Gasteiger partial charge in [0.15, 0.2) is 11.5 Å². The Labute approximate surface area is 163 Å². The minimum absolute atomic E-state index is 0.259. The van der Waals surface area contributed by atoms with Gasteiger partial charge in [-0.15, -0.1) is 0 Å². The fraction of sp³-hybridized carbons (Fsp3) is 0.273. The first-order valence-electron chi connectivity index (χ1n) is 9.22. The maximum absolute atomic E-state index is 12.7. The molecule has 1 aliphatic rings. The van der Waals surface area contributed by atoms with E-state index in [9.17, 15) is 4.79 Å². The lowest BCUT2D eigenvalue weighted by Crippen LogP contribution is -2.28. The molecule has 28 heavy (non-hydrogen) atoms. The van der Waals surface area contributed by atoms with Gasteiger partial charge in [0.25, 0.3) is 0 Å². The monoisotopic (exact) mass is 377 g/mol. The zero-order valence-corrected chi connectivity index (χ0v) is 16.5. The molecule has 3 aromatic rings. The zero-order valence-electron chi connectivity index (χ0n) is 16.5. The predicted octanol–water partition coefficient (Wildman–Crippen LogP) is 3.84. The molecule has 0 fully saturated rings. The molecule has 144 valence electrons. The third kappa shape index (κ3) is 3.01. The molecule has 0 atom stereocenters. The van der Waals surface area contributed by atoms with Crippen molar-refractivity contribution in [3.05, 3.63) is 63.6 Å². The first kappa shape index (κ1) is 18.1. The molecule has 6 heteroatoms. The third-order valence-corrected chi connectivity index (χ3v) is 5.37. The summed E-state index contributed by atoms with van der Waals surface area (Å²) in [5.41, 5.74) is 5.92. The molecule has 0 saturated carbocycles. The lowest BCUT2D eigenvalue weighted by atomic mass is 9.97. The van der Waals surface area contributed by atoms with Crippen molar-refractivity contribution in [1.82, 2.24) is 9.55 Å². The maximum Gasteiger partial charge on any atom is 0.350 e. The van der Waals surface area contributed by atoms with Gasteiger partial charge in [0.05, 0.1) is 19.9 Å². The quantitative estimate of drug-likeness (QED) is 0.748. The van der Waals surface area contributed by atoms with Crippen molar-refractivity contribution in [3.63, 3.8) is 0 Å². The first-order chi connectivity index (χ1) is 13.5. The number of fused-ring (bicyclic) bond motifs is 3. The molecule has 2 heterocycles. The van der Waals surface area contributed by atoms with Crippen LogP contribution in [-0.4, -0.2) is 23.8 Å². The first-order valence-corrected chi connectivity index (χ1v) is 9.22. The summed E-state index contributed by atoms with van der Waals surface area (Å²) in [4.78, 5) is 16.9. The summed E-state index contributed by atoms with van der Waals surface area (Å²) in [6.45, 7) is 4.70. The van der Waals surface area contributed by atoms with E-state index in [4.69, 9.17) is 9.47 Å². The Kier molecular flexibility index (Phi) is 4.55. The molecule has 1 aromatic heterocycles. The summed E-state index contributed by atoms with van der Waals surface area (Å²) in [5, 5.41) is 3.31. The van der Waals surface area contributed by atoms with Crippen LogP contribution >= 0.6 is 0 Å². The SMILES string of the molecule is COc1cc2c(cc1OC)-c1cc(Nc3cccc(C)c3C)nc(=O)n1CC2. The van der Waals surface area contributed by atoms with Crippen molar-refractivity contribution in [1.29, 1.82) is 0 Å². The van der Waals surface area contributed by atoms with Crippen molar-refractivity contribution in [3.8, 4) is 22.8 Å². The van der Waals surface area contributed by atoms with E-state index in [1.165, 1.54) is 5.56 Å². The van der Waals surface area contributed by atoms with Crippen LogP contribution in [0.2, 0.25) is 0 Å². The van der Waals surface area contributed by atoms with E-state index in [1.54, 1.807) is 18.8 Å². The number of aryl methyl sites for hydroxylation is 2.